The van der Waals surface area contributed by atoms with Gasteiger partial charge in [0.1, 0.15) is 0 Å². The van der Waals surface area contributed by atoms with Crippen LogP contribution in [0.1, 0.15) is 27.7 Å². The predicted octanol–water partition coefficient (Wildman–Crippen LogP) is 1.66. The Morgan fingerprint density at radius 1 is 1.21 bits per heavy atom. The van der Waals surface area contributed by atoms with E-state index < -0.39 is 0 Å². The fourth-order valence-corrected chi connectivity index (χ4v) is 4.51. The van der Waals surface area contributed by atoms with Gasteiger partial charge >= 0.3 is 0 Å². The first-order valence-corrected chi connectivity index (χ1v) is 10.5. The SMILES string of the molecule is CCNC(=NCC(C)CN1CCN(C)CC1)N1CCSC(C)(C)C1. The van der Waals surface area contributed by atoms with E-state index in [-0.39, 0.29) is 0 Å². The monoisotopic (exact) mass is 355 g/mol. The third kappa shape index (κ3) is 6.45. The number of nitrogens with one attached hydrogen (secondary N) is 1. The lowest BCUT2D eigenvalue weighted by atomic mass is 10.1. The topological polar surface area (TPSA) is 34.1 Å². The zero-order valence-electron chi connectivity index (χ0n) is 16.3. The molecule has 1 atom stereocenters. The van der Waals surface area contributed by atoms with Gasteiger partial charge in [0.2, 0.25) is 0 Å². The summed E-state index contributed by atoms with van der Waals surface area (Å²) in [6.07, 6.45) is 0. The van der Waals surface area contributed by atoms with Gasteiger partial charge in [-0.15, -0.1) is 0 Å². The molecule has 0 aromatic heterocycles. The van der Waals surface area contributed by atoms with Gasteiger partial charge in [0.05, 0.1) is 0 Å². The van der Waals surface area contributed by atoms with Crippen molar-refractivity contribution in [2.45, 2.75) is 32.4 Å². The summed E-state index contributed by atoms with van der Waals surface area (Å²) in [7, 11) is 2.21. The van der Waals surface area contributed by atoms with E-state index in [4.69, 9.17) is 4.99 Å². The first-order chi connectivity index (χ1) is 11.4. The van der Waals surface area contributed by atoms with Gasteiger partial charge in [0.25, 0.3) is 0 Å². The van der Waals surface area contributed by atoms with Gasteiger partial charge in [-0.2, -0.15) is 11.8 Å². The summed E-state index contributed by atoms with van der Waals surface area (Å²) in [6, 6.07) is 0. The van der Waals surface area contributed by atoms with E-state index in [0.717, 1.165) is 38.7 Å². The van der Waals surface area contributed by atoms with Crippen molar-refractivity contribution in [2.24, 2.45) is 10.9 Å². The summed E-state index contributed by atoms with van der Waals surface area (Å²) in [5, 5.41) is 3.50. The molecular formula is C18H37N5S. The zero-order chi connectivity index (χ0) is 17.6. The fraction of sp³-hybridized carbons (Fsp3) is 0.944. The van der Waals surface area contributed by atoms with E-state index in [1.807, 2.05) is 0 Å². The predicted molar refractivity (Wildman–Crippen MR) is 107 cm³/mol. The van der Waals surface area contributed by atoms with E-state index in [1.54, 1.807) is 0 Å². The second-order valence-electron chi connectivity index (χ2n) is 7.93. The van der Waals surface area contributed by atoms with Crippen molar-refractivity contribution in [2.75, 3.05) is 71.7 Å². The van der Waals surface area contributed by atoms with E-state index in [2.05, 4.69) is 66.5 Å². The van der Waals surface area contributed by atoms with Gasteiger partial charge in [-0.25, -0.2) is 0 Å². The van der Waals surface area contributed by atoms with Crippen molar-refractivity contribution < 1.29 is 0 Å². The highest BCUT2D eigenvalue weighted by Gasteiger charge is 2.28. The highest BCUT2D eigenvalue weighted by molar-refractivity contribution is 8.00. The number of rotatable bonds is 5. The molecule has 0 aliphatic carbocycles. The summed E-state index contributed by atoms with van der Waals surface area (Å²) in [4.78, 5) is 12.4. The molecule has 2 aliphatic rings. The Kier molecular flexibility index (Phi) is 7.69. The maximum Gasteiger partial charge on any atom is 0.193 e. The second kappa shape index (κ2) is 9.30. The molecule has 0 saturated carbocycles. The summed E-state index contributed by atoms with van der Waals surface area (Å²) in [5.74, 6) is 2.90. The van der Waals surface area contributed by atoms with Gasteiger partial charge in [0, 0.05) is 69.4 Å². The number of hydrogen-bond donors (Lipinski definition) is 1. The first kappa shape index (κ1) is 19.9. The van der Waals surface area contributed by atoms with Crippen LogP contribution in [-0.4, -0.2) is 97.1 Å². The van der Waals surface area contributed by atoms with Crippen LogP contribution in [0, 0.1) is 5.92 Å². The lowest BCUT2D eigenvalue weighted by molar-refractivity contribution is 0.140. The van der Waals surface area contributed by atoms with Crippen LogP contribution < -0.4 is 5.32 Å². The first-order valence-electron chi connectivity index (χ1n) is 9.48. The Balaban J connectivity index is 1.85. The van der Waals surface area contributed by atoms with Gasteiger partial charge in [-0.1, -0.05) is 6.92 Å². The smallest absolute Gasteiger partial charge is 0.193 e. The lowest BCUT2D eigenvalue weighted by Crippen LogP contribution is -2.51. The average Bonchev–Trinajstić information content (AvgIpc) is 2.52. The molecule has 24 heavy (non-hydrogen) atoms. The van der Waals surface area contributed by atoms with Crippen LogP contribution in [0.2, 0.25) is 0 Å². The lowest BCUT2D eigenvalue weighted by Gasteiger charge is -2.39. The molecule has 2 fully saturated rings. The molecule has 1 N–H and O–H groups in total. The van der Waals surface area contributed by atoms with Crippen LogP contribution >= 0.6 is 11.8 Å². The number of thioether (sulfide) groups is 1. The van der Waals surface area contributed by atoms with Crippen LogP contribution in [0.25, 0.3) is 0 Å². The molecule has 2 saturated heterocycles. The zero-order valence-corrected chi connectivity index (χ0v) is 17.2. The second-order valence-corrected chi connectivity index (χ2v) is 9.74. The minimum absolute atomic E-state index is 0.319. The van der Waals surface area contributed by atoms with Gasteiger partial charge < -0.3 is 20.0 Å². The Morgan fingerprint density at radius 2 is 1.92 bits per heavy atom. The van der Waals surface area contributed by atoms with E-state index in [9.17, 15) is 0 Å². The van der Waals surface area contributed by atoms with Crippen molar-refractivity contribution >= 4 is 17.7 Å². The average molecular weight is 356 g/mol. The van der Waals surface area contributed by atoms with Crippen molar-refractivity contribution in [3.63, 3.8) is 0 Å². The molecule has 5 nitrogen and oxygen atoms in total. The molecule has 0 bridgehead atoms. The summed E-state index contributed by atoms with van der Waals surface area (Å²) in [6.45, 7) is 19.2. The molecule has 0 aromatic carbocycles. The summed E-state index contributed by atoms with van der Waals surface area (Å²) >= 11 is 2.07. The molecule has 0 radical (unpaired) electrons. The summed E-state index contributed by atoms with van der Waals surface area (Å²) in [5.41, 5.74) is 0. The highest BCUT2D eigenvalue weighted by atomic mass is 32.2. The van der Waals surface area contributed by atoms with Crippen LogP contribution in [-0.2, 0) is 0 Å². The largest absolute Gasteiger partial charge is 0.357 e. The van der Waals surface area contributed by atoms with Crippen molar-refractivity contribution in [3.05, 3.63) is 0 Å². The van der Waals surface area contributed by atoms with Gasteiger partial charge in [0.15, 0.2) is 5.96 Å². The Morgan fingerprint density at radius 3 is 2.54 bits per heavy atom. The third-order valence-electron chi connectivity index (χ3n) is 4.78. The van der Waals surface area contributed by atoms with Crippen molar-refractivity contribution in [3.8, 4) is 0 Å². The molecule has 0 amide bonds. The molecule has 2 heterocycles. The number of aliphatic imine (C=N–C) groups is 1. The minimum Gasteiger partial charge on any atom is -0.357 e. The van der Waals surface area contributed by atoms with E-state index in [1.165, 1.54) is 31.9 Å². The molecule has 0 aromatic rings. The summed E-state index contributed by atoms with van der Waals surface area (Å²) < 4.78 is 0.319. The molecular weight excluding hydrogens is 318 g/mol. The van der Waals surface area contributed by atoms with Crippen molar-refractivity contribution in [1.82, 2.24) is 20.0 Å². The fourth-order valence-electron chi connectivity index (χ4n) is 3.39. The van der Waals surface area contributed by atoms with Crippen LogP contribution in [0.3, 0.4) is 0 Å². The number of guanidine groups is 1. The molecule has 0 spiro atoms. The quantitative estimate of drug-likeness (QED) is 0.599. The van der Waals surface area contributed by atoms with E-state index in [0.29, 0.717) is 10.7 Å². The maximum absolute atomic E-state index is 4.97. The number of nitrogens with zero attached hydrogens (tertiary/aromatic N) is 4. The Bertz CT molecular complexity index is 404. The van der Waals surface area contributed by atoms with E-state index >= 15 is 0 Å². The third-order valence-corrected chi connectivity index (χ3v) is 6.08. The van der Waals surface area contributed by atoms with Gasteiger partial charge in [-0.3, -0.25) is 4.99 Å². The molecule has 2 rings (SSSR count). The number of hydrogen-bond acceptors (Lipinski definition) is 4. The molecule has 6 heteroatoms. The number of likely N-dealkylation sites (N-methyl/N-ethyl adjacent to an activating group) is 1. The normalized spacial score (nSPS) is 24.9. The van der Waals surface area contributed by atoms with Crippen molar-refractivity contribution in [1.29, 1.82) is 0 Å². The number of piperazine rings is 1. The van der Waals surface area contributed by atoms with Crippen LogP contribution in [0.15, 0.2) is 4.99 Å². The molecule has 140 valence electrons. The maximum atomic E-state index is 4.97. The molecule has 2 aliphatic heterocycles. The Hall–Kier alpha value is -0.460. The highest BCUT2D eigenvalue weighted by Crippen LogP contribution is 2.29. The standard InChI is InChI=1S/C18H37N5S/c1-6-19-17(23-11-12-24-18(3,4)15-23)20-13-16(2)14-22-9-7-21(5)8-10-22/h16H,6-15H2,1-5H3,(H,19,20). The van der Waals surface area contributed by atoms with Gasteiger partial charge in [-0.05, 0) is 33.7 Å². The minimum atomic E-state index is 0.319. The Labute approximate surface area is 153 Å². The van der Waals surface area contributed by atoms with Crippen LogP contribution in [0.4, 0.5) is 0 Å². The van der Waals surface area contributed by atoms with Crippen LogP contribution in [0.5, 0.6) is 0 Å². The molecule has 1 unspecified atom stereocenters.